The Hall–Kier alpha value is -1.89. The molecule has 6 heteroatoms. The van der Waals surface area contributed by atoms with E-state index in [1.54, 1.807) is 7.11 Å². The van der Waals surface area contributed by atoms with Gasteiger partial charge in [-0.1, -0.05) is 0 Å². The average molecular weight is 358 g/mol. The van der Waals surface area contributed by atoms with Gasteiger partial charge in [-0.15, -0.1) is 0 Å². The van der Waals surface area contributed by atoms with Crippen LogP contribution in [0.2, 0.25) is 0 Å². The van der Waals surface area contributed by atoms with Crippen LogP contribution in [-0.4, -0.2) is 55.0 Å². The third-order valence-corrected chi connectivity index (χ3v) is 5.86. The van der Waals surface area contributed by atoms with E-state index in [0.717, 1.165) is 62.0 Å². The molecule has 0 spiro atoms. The van der Waals surface area contributed by atoms with Crippen LogP contribution in [0.25, 0.3) is 11.5 Å². The number of oxazole rings is 1. The lowest BCUT2D eigenvalue weighted by Gasteiger charge is -2.36. The highest BCUT2D eigenvalue weighted by molar-refractivity contribution is 5.55. The zero-order chi connectivity index (χ0) is 18.1. The van der Waals surface area contributed by atoms with Gasteiger partial charge in [0, 0.05) is 43.1 Å². The summed E-state index contributed by atoms with van der Waals surface area (Å²) in [5, 5.41) is 9.96. The fraction of sp³-hybridized carbons (Fsp3) is 0.550. The van der Waals surface area contributed by atoms with Crippen LogP contribution >= 0.6 is 0 Å². The number of aliphatic hydroxyl groups excluding tert-OH is 1. The monoisotopic (exact) mass is 358 g/mol. The second kappa shape index (κ2) is 7.02. The first-order chi connectivity index (χ1) is 12.6. The molecule has 2 aromatic rings. The number of benzene rings is 1. The van der Waals surface area contributed by atoms with Gasteiger partial charge >= 0.3 is 0 Å². The summed E-state index contributed by atoms with van der Waals surface area (Å²) in [7, 11) is 1.65. The zero-order valence-electron chi connectivity index (χ0n) is 15.4. The highest BCUT2D eigenvalue weighted by atomic mass is 16.5. The molecule has 1 N–H and O–H groups in total. The molecule has 2 aliphatic rings. The van der Waals surface area contributed by atoms with Crippen LogP contribution in [0, 0.1) is 18.3 Å². The number of aromatic nitrogens is 1. The Morgan fingerprint density at radius 1 is 1.35 bits per heavy atom. The van der Waals surface area contributed by atoms with Gasteiger partial charge in [0.1, 0.15) is 11.5 Å². The minimum atomic E-state index is -0.0191. The first-order valence-electron chi connectivity index (χ1n) is 9.15. The molecule has 0 amide bonds. The summed E-state index contributed by atoms with van der Waals surface area (Å²) in [5.41, 5.74) is 1.88. The van der Waals surface area contributed by atoms with Crippen LogP contribution < -0.4 is 4.74 Å². The maximum Gasteiger partial charge on any atom is 0.226 e. The van der Waals surface area contributed by atoms with Crippen LogP contribution in [-0.2, 0) is 11.3 Å². The molecule has 2 fully saturated rings. The highest BCUT2D eigenvalue weighted by Crippen LogP contribution is 2.42. The Morgan fingerprint density at radius 3 is 2.85 bits per heavy atom. The number of rotatable bonds is 5. The zero-order valence-corrected chi connectivity index (χ0v) is 15.4. The Kier molecular flexibility index (Phi) is 4.73. The van der Waals surface area contributed by atoms with Crippen LogP contribution in [0.5, 0.6) is 5.75 Å². The molecule has 0 radical (unpaired) electrons. The molecule has 1 aromatic heterocycles. The predicted molar refractivity (Wildman–Crippen MR) is 96.9 cm³/mol. The largest absolute Gasteiger partial charge is 0.497 e. The van der Waals surface area contributed by atoms with E-state index in [9.17, 15) is 5.11 Å². The SMILES string of the molecule is COc1ccc(-c2nc(CN3C[C@@H]4COCC[C@]4(CO)C3)c(C)o2)cc1. The molecule has 2 aliphatic heterocycles. The molecule has 1 aromatic carbocycles. The first kappa shape index (κ1) is 17.5. The molecule has 0 saturated carbocycles. The summed E-state index contributed by atoms with van der Waals surface area (Å²) >= 11 is 0. The van der Waals surface area contributed by atoms with Gasteiger partial charge in [0.15, 0.2) is 0 Å². The van der Waals surface area contributed by atoms with Crippen LogP contribution in [0.4, 0.5) is 0 Å². The molecule has 6 nitrogen and oxygen atoms in total. The maximum atomic E-state index is 9.96. The molecule has 26 heavy (non-hydrogen) atoms. The van der Waals surface area contributed by atoms with Crippen molar-refractivity contribution in [3.05, 3.63) is 35.7 Å². The summed E-state index contributed by atoms with van der Waals surface area (Å²) in [6.07, 6.45) is 0.930. The topological polar surface area (TPSA) is 68.0 Å². The molecule has 3 heterocycles. The predicted octanol–water partition coefficient (Wildman–Crippen LogP) is 2.49. The van der Waals surface area contributed by atoms with Crippen molar-refractivity contribution in [2.24, 2.45) is 11.3 Å². The van der Waals surface area contributed by atoms with E-state index in [1.807, 2.05) is 31.2 Å². The van der Waals surface area contributed by atoms with Crippen LogP contribution in [0.3, 0.4) is 0 Å². The standard InChI is InChI=1S/C20H26N2O4/c1-14-18(21-19(26-14)15-3-5-17(24-2)6-4-15)10-22-9-16-11-25-8-7-20(16,12-22)13-23/h3-6,16,23H,7-13H2,1-2H3/t16-,20-/m1/s1. The number of likely N-dealkylation sites (tertiary alicyclic amines) is 1. The van der Waals surface area contributed by atoms with Gasteiger partial charge in [-0.2, -0.15) is 0 Å². The summed E-state index contributed by atoms with van der Waals surface area (Å²) in [6.45, 7) is 6.24. The van der Waals surface area contributed by atoms with E-state index in [-0.39, 0.29) is 12.0 Å². The van der Waals surface area contributed by atoms with E-state index in [0.29, 0.717) is 11.8 Å². The quantitative estimate of drug-likeness (QED) is 0.886. The van der Waals surface area contributed by atoms with Gasteiger partial charge in [-0.05, 0) is 37.6 Å². The molecule has 140 valence electrons. The van der Waals surface area contributed by atoms with Gasteiger partial charge < -0.3 is 19.0 Å². The van der Waals surface area contributed by atoms with Crippen LogP contribution in [0.1, 0.15) is 17.9 Å². The van der Waals surface area contributed by atoms with Gasteiger partial charge in [-0.25, -0.2) is 4.98 Å². The van der Waals surface area contributed by atoms with Gasteiger partial charge in [-0.3, -0.25) is 4.90 Å². The van der Waals surface area contributed by atoms with Gasteiger partial charge in [0.05, 0.1) is 26.0 Å². The second-order valence-corrected chi connectivity index (χ2v) is 7.46. The molecular formula is C20H26N2O4. The lowest BCUT2D eigenvalue weighted by atomic mass is 9.75. The van der Waals surface area contributed by atoms with Crippen LogP contribution in [0.15, 0.2) is 28.7 Å². The van der Waals surface area contributed by atoms with E-state index in [4.69, 9.17) is 18.9 Å². The fourth-order valence-corrected chi connectivity index (χ4v) is 4.18. The lowest BCUT2D eigenvalue weighted by Crippen LogP contribution is -2.41. The van der Waals surface area contributed by atoms with Crippen molar-refractivity contribution in [1.29, 1.82) is 0 Å². The van der Waals surface area contributed by atoms with E-state index >= 15 is 0 Å². The van der Waals surface area contributed by atoms with Crippen molar-refractivity contribution >= 4 is 0 Å². The van der Waals surface area contributed by atoms with Crippen molar-refractivity contribution in [3.63, 3.8) is 0 Å². The molecule has 2 saturated heterocycles. The van der Waals surface area contributed by atoms with E-state index < -0.39 is 0 Å². The summed E-state index contributed by atoms with van der Waals surface area (Å²) in [6, 6.07) is 7.72. The summed E-state index contributed by atoms with van der Waals surface area (Å²) in [4.78, 5) is 7.10. The lowest BCUT2D eigenvalue weighted by molar-refractivity contribution is -0.0417. The third kappa shape index (κ3) is 3.13. The van der Waals surface area contributed by atoms with E-state index in [1.165, 1.54) is 0 Å². The number of methoxy groups -OCH3 is 1. The number of hydrogen-bond acceptors (Lipinski definition) is 6. The Labute approximate surface area is 153 Å². The minimum absolute atomic E-state index is 0.0191. The van der Waals surface area contributed by atoms with Crippen molar-refractivity contribution in [1.82, 2.24) is 9.88 Å². The number of ether oxygens (including phenoxy) is 2. The Morgan fingerprint density at radius 2 is 2.15 bits per heavy atom. The smallest absolute Gasteiger partial charge is 0.226 e. The van der Waals surface area contributed by atoms with Crippen molar-refractivity contribution in [2.45, 2.75) is 19.9 Å². The Balaban J connectivity index is 1.49. The number of hydrogen-bond donors (Lipinski definition) is 1. The fourth-order valence-electron chi connectivity index (χ4n) is 4.18. The van der Waals surface area contributed by atoms with Crippen molar-refractivity contribution < 1.29 is 19.0 Å². The number of fused-ring (bicyclic) bond motifs is 1. The second-order valence-electron chi connectivity index (χ2n) is 7.46. The normalized spacial score (nSPS) is 26.0. The Bertz CT molecular complexity index is 758. The summed E-state index contributed by atoms with van der Waals surface area (Å²) < 4.78 is 16.7. The molecule has 0 aliphatic carbocycles. The summed E-state index contributed by atoms with van der Waals surface area (Å²) in [5.74, 6) is 2.69. The average Bonchev–Trinajstić information content (AvgIpc) is 3.22. The number of aryl methyl sites for hydroxylation is 1. The number of nitrogens with zero attached hydrogens (tertiary/aromatic N) is 2. The molecule has 0 bridgehead atoms. The molecular weight excluding hydrogens is 332 g/mol. The molecule has 0 unspecified atom stereocenters. The molecule has 2 atom stereocenters. The minimum Gasteiger partial charge on any atom is -0.497 e. The van der Waals surface area contributed by atoms with Crippen molar-refractivity contribution in [3.8, 4) is 17.2 Å². The number of aliphatic hydroxyl groups is 1. The third-order valence-electron chi connectivity index (χ3n) is 5.86. The van der Waals surface area contributed by atoms with Gasteiger partial charge in [0.25, 0.3) is 0 Å². The molecule has 4 rings (SSSR count). The van der Waals surface area contributed by atoms with E-state index in [2.05, 4.69) is 4.90 Å². The highest BCUT2D eigenvalue weighted by Gasteiger charge is 2.47. The maximum absolute atomic E-state index is 9.96. The van der Waals surface area contributed by atoms with Gasteiger partial charge in [0.2, 0.25) is 5.89 Å². The first-order valence-corrected chi connectivity index (χ1v) is 9.15. The van der Waals surface area contributed by atoms with Crippen molar-refractivity contribution in [2.75, 3.05) is 40.0 Å².